The number of nitrogens with zero attached hydrogens (tertiary/aromatic N) is 1. The van der Waals surface area contributed by atoms with Crippen LogP contribution < -0.4 is 9.47 Å². The van der Waals surface area contributed by atoms with Crippen molar-refractivity contribution in [2.45, 2.75) is 32.7 Å². The van der Waals surface area contributed by atoms with Crippen LogP contribution in [-0.4, -0.2) is 56.0 Å². The summed E-state index contributed by atoms with van der Waals surface area (Å²) in [5.74, 6) is 1.46. The molecular weight excluding hydrogens is 386 g/mol. The lowest BCUT2D eigenvalue weighted by molar-refractivity contribution is 0.0334. The maximum absolute atomic E-state index is 12.1. The van der Waals surface area contributed by atoms with Crippen LogP contribution in [0.4, 0.5) is 0 Å². The van der Waals surface area contributed by atoms with E-state index in [9.17, 15) is 4.79 Å². The normalized spacial score (nSPS) is 15.2. The van der Waals surface area contributed by atoms with Gasteiger partial charge in [-0.2, -0.15) is 0 Å². The van der Waals surface area contributed by atoms with E-state index in [4.69, 9.17) is 14.2 Å². The number of morpholine rings is 1. The highest BCUT2D eigenvalue weighted by atomic mass is 79.9. The first-order chi connectivity index (χ1) is 12.2. The topological polar surface area (TPSA) is 48.0 Å². The van der Waals surface area contributed by atoms with Gasteiger partial charge in [0, 0.05) is 25.0 Å². The average molecular weight is 414 g/mol. The maximum Gasteiger partial charge on any atom is 0.163 e. The van der Waals surface area contributed by atoms with Gasteiger partial charge in [0.15, 0.2) is 5.78 Å². The third-order valence-electron chi connectivity index (χ3n) is 4.33. The first kappa shape index (κ1) is 20.2. The third-order valence-corrected chi connectivity index (χ3v) is 4.89. The number of hydrogen-bond acceptors (Lipinski definition) is 5. The zero-order chi connectivity index (χ0) is 18.1. The first-order valence-corrected chi connectivity index (χ1v) is 9.99. The van der Waals surface area contributed by atoms with Crippen LogP contribution in [0.3, 0.4) is 0 Å². The van der Waals surface area contributed by atoms with Crippen molar-refractivity contribution in [2.75, 3.05) is 45.4 Å². The molecule has 1 saturated heterocycles. The minimum absolute atomic E-state index is 0.0151. The number of ketones is 1. The number of benzene rings is 1. The second-order valence-electron chi connectivity index (χ2n) is 6.17. The molecule has 25 heavy (non-hydrogen) atoms. The molecule has 0 aliphatic carbocycles. The van der Waals surface area contributed by atoms with Crippen LogP contribution in [0.2, 0.25) is 0 Å². The van der Waals surface area contributed by atoms with Crippen molar-refractivity contribution in [3.8, 4) is 11.5 Å². The average Bonchev–Trinajstić information content (AvgIpc) is 2.63. The Hall–Kier alpha value is -1.11. The zero-order valence-corrected chi connectivity index (χ0v) is 16.8. The molecular formula is C19H28BrNO4. The Labute approximate surface area is 158 Å². The van der Waals surface area contributed by atoms with Crippen LogP contribution in [0.1, 0.15) is 42.1 Å². The van der Waals surface area contributed by atoms with E-state index in [0.29, 0.717) is 24.5 Å². The molecule has 0 radical (unpaired) electrons. The largest absolute Gasteiger partial charge is 0.496 e. The van der Waals surface area contributed by atoms with Gasteiger partial charge >= 0.3 is 0 Å². The minimum atomic E-state index is 0.0151. The number of methoxy groups -OCH3 is 1. The van der Waals surface area contributed by atoms with Gasteiger partial charge in [-0.05, 0) is 38.3 Å². The van der Waals surface area contributed by atoms with E-state index < -0.39 is 0 Å². The van der Waals surface area contributed by atoms with Gasteiger partial charge in [-0.1, -0.05) is 15.9 Å². The van der Waals surface area contributed by atoms with Gasteiger partial charge in [0.25, 0.3) is 0 Å². The highest BCUT2D eigenvalue weighted by molar-refractivity contribution is 9.09. The molecule has 1 aromatic rings. The van der Waals surface area contributed by atoms with Gasteiger partial charge in [0.2, 0.25) is 0 Å². The Bertz CT molecular complexity index is 559. The number of hydrogen-bond donors (Lipinski definition) is 0. The van der Waals surface area contributed by atoms with Crippen molar-refractivity contribution in [2.24, 2.45) is 0 Å². The molecule has 0 atom stereocenters. The summed E-state index contributed by atoms with van der Waals surface area (Å²) in [6, 6.07) is 3.67. The third kappa shape index (κ3) is 5.97. The molecule has 0 saturated carbocycles. The number of carbonyl (C=O) groups excluding carboxylic acids is 1. The molecule has 0 amide bonds. The Morgan fingerprint density at radius 1 is 1.24 bits per heavy atom. The number of halogens is 1. The van der Waals surface area contributed by atoms with Gasteiger partial charge < -0.3 is 14.2 Å². The van der Waals surface area contributed by atoms with E-state index in [0.717, 1.165) is 62.2 Å². The molecule has 0 aromatic heterocycles. The quantitative estimate of drug-likeness (QED) is 0.332. The fraction of sp³-hybridized carbons (Fsp3) is 0.632. The fourth-order valence-corrected chi connectivity index (χ4v) is 3.32. The zero-order valence-electron chi connectivity index (χ0n) is 15.2. The molecule has 140 valence electrons. The smallest absolute Gasteiger partial charge is 0.163 e. The van der Waals surface area contributed by atoms with Crippen LogP contribution in [0.25, 0.3) is 0 Å². The molecule has 0 N–H and O–H groups in total. The number of unbranched alkanes of at least 4 members (excludes halogenated alkanes) is 2. The van der Waals surface area contributed by atoms with Crippen LogP contribution in [0, 0.1) is 0 Å². The predicted molar refractivity (Wildman–Crippen MR) is 102 cm³/mol. The molecule has 0 bridgehead atoms. The van der Waals surface area contributed by atoms with E-state index in [1.165, 1.54) is 0 Å². The highest BCUT2D eigenvalue weighted by Gasteiger charge is 2.21. The van der Waals surface area contributed by atoms with E-state index in [-0.39, 0.29) is 5.78 Å². The van der Waals surface area contributed by atoms with E-state index in [2.05, 4.69) is 20.8 Å². The lowest BCUT2D eigenvalue weighted by atomic mass is 10.0. The monoisotopic (exact) mass is 413 g/mol. The molecule has 0 spiro atoms. The number of Topliss-reactive ketones (excluding diaryl/α,β-unsaturated/α-hetero) is 1. The summed E-state index contributed by atoms with van der Waals surface area (Å²) in [5.41, 5.74) is 1.59. The maximum atomic E-state index is 12.1. The van der Waals surface area contributed by atoms with Crippen molar-refractivity contribution in [3.05, 3.63) is 23.3 Å². The Kier molecular flexibility index (Phi) is 8.72. The number of ether oxygens (including phenoxy) is 3. The molecule has 1 fully saturated rings. The molecule has 1 heterocycles. The molecule has 5 nitrogen and oxygen atoms in total. The van der Waals surface area contributed by atoms with Gasteiger partial charge in [0.1, 0.15) is 11.5 Å². The van der Waals surface area contributed by atoms with E-state index in [1.54, 1.807) is 20.1 Å². The van der Waals surface area contributed by atoms with E-state index in [1.807, 2.05) is 6.07 Å². The molecule has 6 heteroatoms. The summed E-state index contributed by atoms with van der Waals surface area (Å²) in [4.78, 5) is 14.4. The van der Waals surface area contributed by atoms with Crippen LogP contribution in [0.15, 0.2) is 12.1 Å². The lowest BCUT2D eigenvalue weighted by Crippen LogP contribution is -2.36. The van der Waals surface area contributed by atoms with Crippen LogP contribution in [0.5, 0.6) is 11.5 Å². The van der Waals surface area contributed by atoms with Crippen molar-refractivity contribution < 1.29 is 19.0 Å². The fourth-order valence-electron chi connectivity index (χ4n) is 2.92. The minimum Gasteiger partial charge on any atom is -0.496 e. The molecule has 0 unspecified atom stereocenters. The molecule has 1 aliphatic rings. The predicted octanol–water partition coefficient (Wildman–Crippen LogP) is 3.67. The van der Waals surface area contributed by atoms with E-state index >= 15 is 0 Å². The van der Waals surface area contributed by atoms with Gasteiger partial charge in [0.05, 0.1) is 38.1 Å². The van der Waals surface area contributed by atoms with Gasteiger partial charge in [-0.25, -0.2) is 0 Å². The summed E-state index contributed by atoms with van der Waals surface area (Å²) in [6.45, 7) is 6.10. The van der Waals surface area contributed by atoms with Gasteiger partial charge in [-0.15, -0.1) is 0 Å². The summed E-state index contributed by atoms with van der Waals surface area (Å²) in [6.07, 6.45) is 3.20. The SMILES string of the molecule is COc1ccc(C(C)=O)c(OCCCCCBr)c1CN1CCOCC1. The van der Waals surface area contributed by atoms with Crippen LogP contribution in [-0.2, 0) is 11.3 Å². The Balaban J connectivity index is 2.21. The van der Waals surface area contributed by atoms with Crippen molar-refractivity contribution >= 4 is 21.7 Å². The second kappa shape index (κ2) is 10.8. The van der Waals surface area contributed by atoms with Crippen molar-refractivity contribution in [3.63, 3.8) is 0 Å². The van der Waals surface area contributed by atoms with Crippen molar-refractivity contribution in [1.29, 1.82) is 0 Å². The molecule has 1 aliphatic heterocycles. The first-order valence-electron chi connectivity index (χ1n) is 8.87. The number of carbonyl (C=O) groups is 1. The second-order valence-corrected chi connectivity index (χ2v) is 6.96. The standard InChI is InChI=1S/C19H28BrNO4/c1-15(22)16-6-7-18(23-2)17(14-21-9-12-24-13-10-21)19(16)25-11-5-3-4-8-20/h6-7H,3-5,8-14H2,1-2H3. The summed E-state index contributed by atoms with van der Waals surface area (Å²) in [7, 11) is 1.66. The Morgan fingerprint density at radius 2 is 2.00 bits per heavy atom. The van der Waals surface area contributed by atoms with Crippen molar-refractivity contribution in [1.82, 2.24) is 4.90 Å². The Morgan fingerprint density at radius 3 is 2.64 bits per heavy atom. The van der Waals surface area contributed by atoms with Gasteiger partial charge in [-0.3, -0.25) is 9.69 Å². The van der Waals surface area contributed by atoms with Crippen LogP contribution >= 0.6 is 15.9 Å². The summed E-state index contributed by atoms with van der Waals surface area (Å²) < 4.78 is 17.1. The number of alkyl halides is 1. The lowest BCUT2D eigenvalue weighted by Gasteiger charge is -2.28. The number of rotatable bonds is 10. The molecule has 1 aromatic carbocycles. The molecule has 2 rings (SSSR count). The summed E-state index contributed by atoms with van der Waals surface area (Å²) in [5, 5.41) is 1.01. The highest BCUT2D eigenvalue weighted by Crippen LogP contribution is 2.34. The summed E-state index contributed by atoms with van der Waals surface area (Å²) >= 11 is 3.45.